The second kappa shape index (κ2) is 5.19. The molecular formula is C16H17ClN2O2. The zero-order valence-corrected chi connectivity index (χ0v) is 12.8. The van der Waals surface area contributed by atoms with Gasteiger partial charge >= 0.3 is 0 Å². The van der Waals surface area contributed by atoms with Crippen LogP contribution in [-0.2, 0) is 9.59 Å². The molecule has 0 saturated carbocycles. The average Bonchev–Trinajstić information content (AvgIpc) is 2.70. The fourth-order valence-electron chi connectivity index (χ4n) is 2.98. The molecule has 0 unspecified atom stereocenters. The molecule has 0 radical (unpaired) electrons. The van der Waals surface area contributed by atoms with Crippen LogP contribution in [-0.4, -0.2) is 25.9 Å². The molecular weight excluding hydrogens is 288 g/mol. The second-order valence-electron chi connectivity index (χ2n) is 5.73. The summed E-state index contributed by atoms with van der Waals surface area (Å²) >= 11 is 6.02. The monoisotopic (exact) mass is 304 g/mol. The molecule has 2 amide bonds. The number of rotatable bonds is 2. The van der Waals surface area contributed by atoms with Gasteiger partial charge in [0, 0.05) is 24.8 Å². The van der Waals surface area contributed by atoms with Gasteiger partial charge in [-0.1, -0.05) is 17.7 Å². The largest absolute Gasteiger partial charge is 0.378 e. The van der Waals surface area contributed by atoms with Gasteiger partial charge in [0.1, 0.15) is 0 Å². The Morgan fingerprint density at radius 1 is 1.10 bits per heavy atom. The van der Waals surface area contributed by atoms with Crippen molar-refractivity contribution in [3.63, 3.8) is 0 Å². The molecule has 0 N–H and O–H groups in total. The maximum absolute atomic E-state index is 12.5. The molecule has 4 nitrogen and oxygen atoms in total. The maximum atomic E-state index is 12.5. The van der Waals surface area contributed by atoms with Crippen LogP contribution < -0.4 is 9.80 Å². The Hall–Kier alpha value is -1.81. The molecule has 110 valence electrons. The lowest BCUT2D eigenvalue weighted by Gasteiger charge is -2.17. The van der Waals surface area contributed by atoms with Gasteiger partial charge in [-0.3, -0.25) is 14.5 Å². The first-order chi connectivity index (χ1) is 9.99. The van der Waals surface area contributed by atoms with Crippen LogP contribution in [0.3, 0.4) is 0 Å². The number of carbonyl (C=O) groups is 2. The second-order valence-corrected chi connectivity index (χ2v) is 6.21. The van der Waals surface area contributed by atoms with E-state index in [2.05, 4.69) is 0 Å². The Bertz CT molecular complexity index is 622. The van der Waals surface area contributed by atoms with Crippen molar-refractivity contribution in [3.8, 4) is 0 Å². The number of fused-ring (bicyclic) bond motifs is 1. The SMILES string of the molecule is CN(C)c1ccc(N2C(=O)[C@H]3CC=C(Cl)C[C@H]3C2=O)cc1. The smallest absolute Gasteiger partial charge is 0.238 e. The summed E-state index contributed by atoms with van der Waals surface area (Å²) in [5.41, 5.74) is 1.67. The molecule has 1 aliphatic heterocycles. The van der Waals surface area contributed by atoms with E-state index in [4.69, 9.17) is 11.6 Å². The third kappa shape index (κ3) is 2.33. The lowest BCUT2D eigenvalue weighted by atomic mass is 9.85. The van der Waals surface area contributed by atoms with Crippen molar-refractivity contribution in [1.82, 2.24) is 0 Å². The molecule has 0 bridgehead atoms. The highest BCUT2D eigenvalue weighted by Gasteiger charge is 2.48. The molecule has 21 heavy (non-hydrogen) atoms. The van der Waals surface area contributed by atoms with Crippen LogP contribution in [0.5, 0.6) is 0 Å². The third-order valence-corrected chi connectivity index (χ3v) is 4.50. The third-order valence-electron chi connectivity index (χ3n) is 4.19. The van der Waals surface area contributed by atoms with Gasteiger partial charge in [-0.05, 0) is 37.1 Å². The number of carbonyl (C=O) groups excluding carboxylic acids is 2. The number of anilines is 2. The average molecular weight is 305 g/mol. The zero-order valence-electron chi connectivity index (χ0n) is 12.0. The molecule has 1 heterocycles. The number of hydrogen-bond acceptors (Lipinski definition) is 3. The highest BCUT2D eigenvalue weighted by Crippen LogP contribution is 2.40. The molecule has 3 rings (SSSR count). The summed E-state index contributed by atoms with van der Waals surface area (Å²) < 4.78 is 0. The van der Waals surface area contributed by atoms with Crippen LogP contribution in [0.25, 0.3) is 0 Å². The first kappa shape index (κ1) is 14.1. The molecule has 0 spiro atoms. The van der Waals surface area contributed by atoms with E-state index < -0.39 is 0 Å². The lowest BCUT2D eigenvalue weighted by Crippen LogP contribution is -2.30. The number of halogens is 1. The number of allylic oxidation sites excluding steroid dienone is 2. The first-order valence-electron chi connectivity index (χ1n) is 6.99. The van der Waals surface area contributed by atoms with E-state index in [-0.39, 0.29) is 23.7 Å². The summed E-state index contributed by atoms with van der Waals surface area (Å²) in [6.07, 6.45) is 2.88. The quantitative estimate of drug-likeness (QED) is 0.789. The van der Waals surface area contributed by atoms with Crippen molar-refractivity contribution in [3.05, 3.63) is 35.4 Å². The standard InChI is InChI=1S/C16H17ClN2O2/c1-18(2)11-4-6-12(7-5-11)19-15(20)13-8-3-10(17)9-14(13)16(19)21/h3-7,13-14H,8-9H2,1-2H3/t13-,14+/m0/s1. The van der Waals surface area contributed by atoms with E-state index in [9.17, 15) is 9.59 Å². The van der Waals surface area contributed by atoms with Gasteiger partial charge in [0.15, 0.2) is 0 Å². The summed E-state index contributed by atoms with van der Waals surface area (Å²) in [7, 11) is 3.90. The number of amides is 2. The predicted molar refractivity (Wildman–Crippen MR) is 83.4 cm³/mol. The van der Waals surface area contributed by atoms with Gasteiger partial charge in [-0.2, -0.15) is 0 Å². The minimum absolute atomic E-state index is 0.108. The Morgan fingerprint density at radius 2 is 1.71 bits per heavy atom. The maximum Gasteiger partial charge on any atom is 0.238 e. The Balaban J connectivity index is 1.90. The summed E-state index contributed by atoms with van der Waals surface area (Å²) in [5, 5.41) is 0.683. The van der Waals surface area contributed by atoms with E-state index >= 15 is 0 Å². The van der Waals surface area contributed by atoms with Gasteiger partial charge < -0.3 is 4.90 Å². The van der Waals surface area contributed by atoms with E-state index in [0.717, 1.165) is 5.69 Å². The molecule has 2 atom stereocenters. The van der Waals surface area contributed by atoms with E-state index in [1.54, 1.807) is 0 Å². The van der Waals surface area contributed by atoms with Crippen molar-refractivity contribution in [2.75, 3.05) is 23.9 Å². The van der Waals surface area contributed by atoms with Crippen LogP contribution in [0.2, 0.25) is 0 Å². The number of hydrogen-bond donors (Lipinski definition) is 0. The van der Waals surface area contributed by atoms with Crippen LogP contribution in [0, 0.1) is 11.8 Å². The van der Waals surface area contributed by atoms with Gasteiger partial charge in [-0.25, -0.2) is 0 Å². The number of nitrogens with zero attached hydrogens (tertiary/aromatic N) is 2. The molecule has 0 aromatic heterocycles. The summed E-state index contributed by atoms with van der Waals surface area (Å²) in [6, 6.07) is 7.45. The van der Waals surface area contributed by atoms with Crippen molar-refractivity contribution >= 4 is 34.8 Å². The fraction of sp³-hybridized carbons (Fsp3) is 0.375. The minimum atomic E-state index is -0.302. The molecule has 1 saturated heterocycles. The van der Waals surface area contributed by atoms with Crippen molar-refractivity contribution in [1.29, 1.82) is 0 Å². The van der Waals surface area contributed by atoms with Crippen LogP contribution >= 0.6 is 11.6 Å². The summed E-state index contributed by atoms with van der Waals surface area (Å²) in [5.74, 6) is -0.797. The molecule has 2 aliphatic rings. The summed E-state index contributed by atoms with van der Waals surface area (Å²) in [6.45, 7) is 0. The van der Waals surface area contributed by atoms with Crippen molar-refractivity contribution in [2.24, 2.45) is 11.8 Å². The van der Waals surface area contributed by atoms with Crippen LogP contribution in [0.4, 0.5) is 11.4 Å². The van der Waals surface area contributed by atoms with Crippen molar-refractivity contribution < 1.29 is 9.59 Å². The van der Waals surface area contributed by atoms with E-state index in [1.165, 1.54) is 4.90 Å². The van der Waals surface area contributed by atoms with E-state index in [0.29, 0.717) is 23.6 Å². The van der Waals surface area contributed by atoms with Gasteiger partial charge in [-0.15, -0.1) is 0 Å². The Morgan fingerprint density at radius 3 is 2.33 bits per heavy atom. The van der Waals surface area contributed by atoms with Gasteiger partial charge in [0.05, 0.1) is 17.5 Å². The van der Waals surface area contributed by atoms with Crippen LogP contribution in [0.1, 0.15) is 12.8 Å². The number of imide groups is 1. The minimum Gasteiger partial charge on any atom is -0.378 e. The Labute approximate surface area is 129 Å². The number of benzene rings is 1. The molecule has 1 aromatic rings. The van der Waals surface area contributed by atoms with E-state index in [1.807, 2.05) is 49.3 Å². The molecule has 1 aliphatic carbocycles. The van der Waals surface area contributed by atoms with Gasteiger partial charge in [0.25, 0.3) is 0 Å². The van der Waals surface area contributed by atoms with Crippen molar-refractivity contribution in [2.45, 2.75) is 12.8 Å². The topological polar surface area (TPSA) is 40.6 Å². The highest BCUT2D eigenvalue weighted by molar-refractivity contribution is 6.30. The molecule has 5 heteroatoms. The summed E-state index contributed by atoms with van der Waals surface area (Å²) in [4.78, 5) is 28.3. The first-order valence-corrected chi connectivity index (χ1v) is 7.36. The lowest BCUT2D eigenvalue weighted by molar-refractivity contribution is -0.122. The van der Waals surface area contributed by atoms with Crippen LogP contribution in [0.15, 0.2) is 35.4 Å². The fourth-order valence-corrected chi connectivity index (χ4v) is 3.24. The zero-order chi connectivity index (χ0) is 15.1. The highest BCUT2D eigenvalue weighted by atomic mass is 35.5. The normalized spacial score (nSPS) is 24.9. The molecule has 1 aromatic carbocycles. The molecule has 1 fully saturated rings. The Kier molecular flexibility index (Phi) is 3.49. The predicted octanol–water partition coefficient (Wildman–Crippen LogP) is 2.77. The van der Waals surface area contributed by atoms with Gasteiger partial charge in [0.2, 0.25) is 11.8 Å².